The fraction of sp³-hybridized carbons (Fsp3) is 0.278. The second-order valence-electron chi connectivity index (χ2n) is 5.92. The first-order valence-electron chi connectivity index (χ1n) is 7.80. The summed E-state index contributed by atoms with van der Waals surface area (Å²) >= 11 is 0. The van der Waals surface area contributed by atoms with E-state index < -0.39 is 6.17 Å². The molecule has 1 amide bonds. The summed E-state index contributed by atoms with van der Waals surface area (Å²) in [5, 5.41) is 10.5. The van der Waals surface area contributed by atoms with E-state index in [9.17, 15) is 9.18 Å². The van der Waals surface area contributed by atoms with Gasteiger partial charge in [-0.1, -0.05) is 29.8 Å². The summed E-state index contributed by atoms with van der Waals surface area (Å²) in [7, 11) is 0. The number of nitrogens with zero attached hydrogens (tertiary/aromatic N) is 2. The Morgan fingerprint density at radius 3 is 2.88 bits per heavy atom. The monoisotopic (exact) mass is 326 g/mol. The van der Waals surface area contributed by atoms with Crippen LogP contribution in [0.3, 0.4) is 0 Å². The van der Waals surface area contributed by atoms with Crippen LogP contribution >= 0.6 is 0 Å². The van der Waals surface area contributed by atoms with E-state index in [4.69, 9.17) is 5.41 Å². The van der Waals surface area contributed by atoms with E-state index >= 15 is 0 Å². The summed E-state index contributed by atoms with van der Waals surface area (Å²) < 4.78 is 12.8. The number of alkyl halides is 1. The molecular weight excluding hydrogens is 307 g/mol. The molecule has 2 aromatic rings. The van der Waals surface area contributed by atoms with Crippen molar-refractivity contribution in [3.63, 3.8) is 0 Å². The van der Waals surface area contributed by atoms with Crippen LogP contribution in [0.4, 0.5) is 10.1 Å². The molecule has 0 aliphatic carbocycles. The fourth-order valence-electron chi connectivity index (χ4n) is 2.63. The number of carbonyl (C=O) groups excluding carboxylic acids is 1. The number of amides is 1. The molecule has 1 aromatic heterocycles. The van der Waals surface area contributed by atoms with Crippen LogP contribution in [0.15, 0.2) is 36.5 Å². The molecule has 1 saturated heterocycles. The summed E-state index contributed by atoms with van der Waals surface area (Å²) in [5.41, 5.74) is 4.16. The zero-order valence-electron chi connectivity index (χ0n) is 13.4. The number of carbonyl (C=O) groups is 1. The van der Waals surface area contributed by atoms with Crippen molar-refractivity contribution >= 4 is 17.8 Å². The summed E-state index contributed by atoms with van der Waals surface area (Å²) in [4.78, 5) is 17.7. The van der Waals surface area contributed by atoms with Gasteiger partial charge < -0.3 is 15.6 Å². The first-order chi connectivity index (χ1) is 11.6. The molecule has 1 fully saturated rings. The molecule has 1 aromatic carbocycles. The Hall–Kier alpha value is -2.76. The molecule has 0 atom stereocenters. The van der Waals surface area contributed by atoms with Crippen LogP contribution < -0.4 is 5.32 Å². The second-order valence-corrected chi connectivity index (χ2v) is 5.92. The number of benzene rings is 1. The van der Waals surface area contributed by atoms with Crippen molar-refractivity contribution in [2.75, 3.05) is 25.0 Å². The molecule has 0 saturated carbocycles. The van der Waals surface area contributed by atoms with Gasteiger partial charge in [-0.05, 0) is 18.6 Å². The maximum absolute atomic E-state index is 12.8. The minimum atomic E-state index is -0.905. The molecule has 1 aliphatic rings. The molecule has 0 bridgehead atoms. The maximum atomic E-state index is 12.8. The summed E-state index contributed by atoms with van der Waals surface area (Å²) in [6.07, 6.45) is 1.96. The fourth-order valence-corrected chi connectivity index (χ4v) is 2.63. The molecule has 2 N–H and O–H groups in total. The van der Waals surface area contributed by atoms with Crippen molar-refractivity contribution in [1.82, 2.24) is 9.88 Å². The van der Waals surface area contributed by atoms with Gasteiger partial charge >= 0.3 is 0 Å². The van der Waals surface area contributed by atoms with Crippen molar-refractivity contribution in [2.45, 2.75) is 13.1 Å². The molecule has 2 heterocycles. The number of halogens is 1. The van der Waals surface area contributed by atoms with E-state index in [1.165, 1.54) is 4.90 Å². The first kappa shape index (κ1) is 16.1. The Balaban J connectivity index is 1.77. The quantitative estimate of drug-likeness (QED) is 0.830. The van der Waals surface area contributed by atoms with Gasteiger partial charge in [0.05, 0.1) is 25.3 Å². The number of hydrogen-bond acceptors (Lipinski definition) is 4. The number of anilines is 1. The van der Waals surface area contributed by atoms with Crippen LogP contribution in [0, 0.1) is 12.3 Å². The van der Waals surface area contributed by atoms with Gasteiger partial charge in [-0.15, -0.1) is 0 Å². The third-order valence-electron chi connectivity index (χ3n) is 4.03. The van der Waals surface area contributed by atoms with Crippen LogP contribution in [0.2, 0.25) is 0 Å². The van der Waals surface area contributed by atoms with E-state index in [2.05, 4.69) is 16.4 Å². The highest BCUT2D eigenvalue weighted by molar-refractivity contribution is 5.88. The second kappa shape index (κ2) is 6.78. The van der Waals surface area contributed by atoms with Crippen molar-refractivity contribution in [3.8, 4) is 11.1 Å². The Kier molecular flexibility index (Phi) is 4.55. The lowest BCUT2D eigenvalue weighted by molar-refractivity contribution is -0.136. The van der Waals surface area contributed by atoms with E-state index in [1.807, 2.05) is 31.2 Å². The Labute approximate surface area is 140 Å². The molecule has 24 heavy (non-hydrogen) atoms. The molecule has 124 valence electrons. The number of rotatable bonds is 5. The maximum Gasteiger partial charge on any atom is 0.242 e. The normalized spacial score (nSPS) is 14.2. The Morgan fingerprint density at radius 2 is 2.21 bits per heavy atom. The molecule has 5 nitrogen and oxygen atoms in total. The van der Waals surface area contributed by atoms with Gasteiger partial charge in [0.25, 0.3) is 0 Å². The van der Waals surface area contributed by atoms with Gasteiger partial charge in [0.2, 0.25) is 5.91 Å². The molecule has 0 spiro atoms. The van der Waals surface area contributed by atoms with E-state index in [0.717, 1.165) is 22.9 Å². The minimum Gasteiger partial charge on any atom is -0.374 e. The summed E-state index contributed by atoms with van der Waals surface area (Å²) in [6, 6.07) is 9.92. The third-order valence-corrected chi connectivity index (χ3v) is 4.03. The van der Waals surface area contributed by atoms with Crippen LogP contribution in [0.5, 0.6) is 0 Å². The van der Waals surface area contributed by atoms with E-state index in [-0.39, 0.29) is 25.5 Å². The molecular formula is C18H19FN4O. The van der Waals surface area contributed by atoms with E-state index in [0.29, 0.717) is 11.4 Å². The molecule has 1 aliphatic heterocycles. The lowest BCUT2D eigenvalue weighted by Gasteiger charge is -2.34. The van der Waals surface area contributed by atoms with E-state index in [1.54, 1.807) is 6.20 Å². The van der Waals surface area contributed by atoms with Crippen LogP contribution in [0.1, 0.15) is 11.3 Å². The van der Waals surface area contributed by atoms with Crippen molar-refractivity contribution in [1.29, 1.82) is 5.41 Å². The van der Waals surface area contributed by atoms with Crippen molar-refractivity contribution in [3.05, 3.63) is 47.8 Å². The minimum absolute atomic E-state index is 0.0620. The predicted octanol–water partition coefficient (Wildman–Crippen LogP) is 2.65. The highest BCUT2D eigenvalue weighted by atomic mass is 19.1. The standard InChI is InChI=1S/C18H19FN4O/c1-12-3-2-4-13(5-12)14-6-16(17(7-20)21-8-14)22-9-18(24)23-10-15(19)11-23/h2-8,15,20,22H,9-11H2,1H3. The topological polar surface area (TPSA) is 69.1 Å². The summed E-state index contributed by atoms with van der Waals surface area (Å²) in [6.45, 7) is 2.41. The van der Waals surface area contributed by atoms with Crippen molar-refractivity contribution in [2.24, 2.45) is 0 Å². The van der Waals surface area contributed by atoms with Gasteiger partial charge in [-0.25, -0.2) is 4.39 Å². The average molecular weight is 326 g/mol. The third kappa shape index (κ3) is 3.42. The van der Waals surface area contributed by atoms with Crippen LogP contribution in [-0.4, -0.2) is 47.8 Å². The average Bonchev–Trinajstić information content (AvgIpc) is 2.56. The molecule has 3 rings (SSSR count). The van der Waals surface area contributed by atoms with Gasteiger partial charge in [0, 0.05) is 18.0 Å². The van der Waals surface area contributed by atoms with Gasteiger partial charge in [-0.3, -0.25) is 9.78 Å². The zero-order chi connectivity index (χ0) is 17.1. The summed E-state index contributed by atoms with van der Waals surface area (Å²) in [5.74, 6) is -0.152. The van der Waals surface area contributed by atoms with Crippen LogP contribution in [-0.2, 0) is 4.79 Å². The smallest absolute Gasteiger partial charge is 0.242 e. The number of likely N-dealkylation sites (tertiary alicyclic amines) is 1. The van der Waals surface area contributed by atoms with Gasteiger partial charge in [0.1, 0.15) is 11.9 Å². The molecule has 0 unspecified atom stereocenters. The highest BCUT2D eigenvalue weighted by Crippen LogP contribution is 2.24. The lowest BCUT2D eigenvalue weighted by Crippen LogP contribution is -2.53. The largest absolute Gasteiger partial charge is 0.374 e. The molecule has 6 heteroatoms. The van der Waals surface area contributed by atoms with Crippen LogP contribution in [0.25, 0.3) is 11.1 Å². The number of aromatic nitrogens is 1. The first-order valence-corrected chi connectivity index (χ1v) is 7.80. The number of nitrogens with one attached hydrogen (secondary N) is 2. The van der Waals surface area contributed by atoms with Crippen molar-refractivity contribution < 1.29 is 9.18 Å². The Bertz CT molecular complexity index is 771. The Morgan fingerprint density at radius 1 is 1.42 bits per heavy atom. The highest BCUT2D eigenvalue weighted by Gasteiger charge is 2.29. The lowest BCUT2D eigenvalue weighted by atomic mass is 10.0. The zero-order valence-corrected chi connectivity index (χ0v) is 13.4. The molecule has 0 radical (unpaired) electrons. The SMILES string of the molecule is Cc1cccc(-c2cnc(C=N)c(NCC(=O)N3CC(F)C3)c2)c1. The predicted molar refractivity (Wildman–Crippen MR) is 92.3 cm³/mol. The number of aryl methyl sites for hydroxylation is 1. The van der Waals surface area contributed by atoms with Gasteiger partial charge in [-0.2, -0.15) is 0 Å². The number of pyridine rings is 1. The number of hydrogen-bond donors (Lipinski definition) is 2. The van der Waals surface area contributed by atoms with Gasteiger partial charge in [0.15, 0.2) is 0 Å².